The van der Waals surface area contributed by atoms with Gasteiger partial charge < -0.3 is 14.4 Å². The van der Waals surface area contributed by atoms with E-state index in [9.17, 15) is 4.79 Å². The molecule has 2 heterocycles. The van der Waals surface area contributed by atoms with Gasteiger partial charge in [0, 0.05) is 17.7 Å². The Bertz CT molecular complexity index is 1030. The molecule has 0 spiro atoms. The van der Waals surface area contributed by atoms with Crippen molar-refractivity contribution in [3.8, 4) is 22.9 Å². The number of hydrogen-bond donors (Lipinski definition) is 0. The Labute approximate surface area is 175 Å². The number of rotatable bonds is 6. The molecule has 8 nitrogen and oxygen atoms in total. The first-order chi connectivity index (χ1) is 14.6. The van der Waals surface area contributed by atoms with E-state index in [0.717, 1.165) is 41.0 Å². The minimum atomic E-state index is -0.0670. The molecule has 1 amide bonds. The maximum atomic E-state index is 13.1. The van der Waals surface area contributed by atoms with Gasteiger partial charge in [0.25, 0.3) is 0 Å². The summed E-state index contributed by atoms with van der Waals surface area (Å²) in [6.07, 6.45) is 1.80. The first kappa shape index (κ1) is 19.9. The fourth-order valence-corrected chi connectivity index (χ4v) is 3.83. The van der Waals surface area contributed by atoms with E-state index in [4.69, 9.17) is 9.47 Å². The van der Waals surface area contributed by atoms with E-state index < -0.39 is 0 Å². The lowest BCUT2D eigenvalue weighted by atomic mass is 10.0. The van der Waals surface area contributed by atoms with Crippen LogP contribution in [0, 0.1) is 6.92 Å². The number of methoxy groups -OCH3 is 2. The molecule has 0 bridgehead atoms. The highest BCUT2D eigenvalue weighted by atomic mass is 16.5. The molecule has 0 N–H and O–H groups in total. The molecule has 3 aromatic rings. The molecule has 8 heteroatoms. The van der Waals surface area contributed by atoms with Crippen LogP contribution in [0.1, 0.15) is 30.0 Å². The highest BCUT2D eigenvalue weighted by Crippen LogP contribution is 2.39. The number of benzene rings is 2. The summed E-state index contributed by atoms with van der Waals surface area (Å²) in [7, 11) is 3.27. The van der Waals surface area contributed by atoms with Crippen molar-refractivity contribution in [1.82, 2.24) is 25.1 Å². The molecule has 1 aliphatic heterocycles. The molecule has 0 radical (unpaired) electrons. The Morgan fingerprint density at radius 3 is 2.67 bits per heavy atom. The SMILES string of the molecule is COc1ccc(OC)c([C@H]2CCCN2C(=O)Cn2nnc(-c3ccc(C)cc3)n2)c1. The molecular weight excluding hydrogens is 382 g/mol. The average Bonchev–Trinajstić information content (AvgIpc) is 3.43. The van der Waals surface area contributed by atoms with Gasteiger partial charge in [-0.05, 0) is 43.2 Å². The summed E-state index contributed by atoms with van der Waals surface area (Å²) in [5.41, 5.74) is 2.99. The fraction of sp³-hybridized carbons (Fsp3) is 0.364. The Kier molecular flexibility index (Phi) is 5.65. The van der Waals surface area contributed by atoms with Gasteiger partial charge in [-0.1, -0.05) is 29.8 Å². The van der Waals surface area contributed by atoms with E-state index in [1.165, 1.54) is 4.80 Å². The average molecular weight is 407 g/mol. The highest BCUT2D eigenvalue weighted by molar-refractivity contribution is 5.77. The largest absolute Gasteiger partial charge is 0.497 e. The second-order valence-electron chi connectivity index (χ2n) is 7.36. The van der Waals surface area contributed by atoms with Gasteiger partial charge in [0.05, 0.1) is 20.3 Å². The number of hydrogen-bond acceptors (Lipinski definition) is 6. The number of ether oxygens (including phenoxy) is 2. The maximum absolute atomic E-state index is 13.1. The lowest BCUT2D eigenvalue weighted by Gasteiger charge is -2.26. The molecular formula is C22H25N5O3. The summed E-state index contributed by atoms with van der Waals surface area (Å²) in [4.78, 5) is 16.3. The van der Waals surface area contributed by atoms with Crippen molar-refractivity contribution in [1.29, 1.82) is 0 Å². The third-order valence-electron chi connectivity index (χ3n) is 5.41. The van der Waals surface area contributed by atoms with Gasteiger partial charge in [-0.3, -0.25) is 4.79 Å². The van der Waals surface area contributed by atoms with Crippen LogP contribution >= 0.6 is 0 Å². The van der Waals surface area contributed by atoms with Gasteiger partial charge in [-0.15, -0.1) is 10.2 Å². The highest BCUT2D eigenvalue weighted by Gasteiger charge is 2.32. The van der Waals surface area contributed by atoms with Gasteiger partial charge in [0.15, 0.2) is 0 Å². The molecule has 0 unspecified atom stereocenters. The van der Waals surface area contributed by atoms with Gasteiger partial charge in [-0.25, -0.2) is 0 Å². The van der Waals surface area contributed by atoms with Crippen LogP contribution in [0.3, 0.4) is 0 Å². The number of aromatic nitrogens is 4. The smallest absolute Gasteiger partial charge is 0.246 e. The maximum Gasteiger partial charge on any atom is 0.246 e. The van der Waals surface area contributed by atoms with E-state index in [-0.39, 0.29) is 18.5 Å². The topological polar surface area (TPSA) is 82.4 Å². The van der Waals surface area contributed by atoms with Crippen LogP contribution in [0.5, 0.6) is 11.5 Å². The third-order valence-corrected chi connectivity index (χ3v) is 5.41. The number of aryl methyl sites for hydroxylation is 1. The minimum absolute atomic E-state index is 0.0433. The Morgan fingerprint density at radius 2 is 1.93 bits per heavy atom. The second-order valence-corrected chi connectivity index (χ2v) is 7.36. The minimum Gasteiger partial charge on any atom is -0.497 e. The van der Waals surface area contributed by atoms with E-state index in [1.54, 1.807) is 14.2 Å². The molecule has 2 aromatic carbocycles. The molecule has 0 aliphatic carbocycles. The summed E-state index contributed by atoms with van der Waals surface area (Å²) in [6.45, 7) is 2.75. The molecule has 4 rings (SSSR count). The number of amides is 1. The van der Waals surface area contributed by atoms with Crippen molar-refractivity contribution < 1.29 is 14.3 Å². The predicted octanol–water partition coefficient (Wildman–Crippen LogP) is 3.03. The van der Waals surface area contributed by atoms with Crippen LogP contribution in [0.4, 0.5) is 0 Å². The van der Waals surface area contributed by atoms with E-state index in [0.29, 0.717) is 12.4 Å². The number of likely N-dealkylation sites (tertiary alicyclic amines) is 1. The monoisotopic (exact) mass is 407 g/mol. The zero-order valence-corrected chi connectivity index (χ0v) is 17.4. The van der Waals surface area contributed by atoms with E-state index >= 15 is 0 Å². The zero-order valence-electron chi connectivity index (χ0n) is 17.4. The van der Waals surface area contributed by atoms with Gasteiger partial charge >= 0.3 is 0 Å². The molecule has 1 fully saturated rings. The van der Waals surface area contributed by atoms with Crippen molar-refractivity contribution in [2.45, 2.75) is 32.4 Å². The van der Waals surface area contributed by atoms with Crippen molar-refractivity contribution in [3.05, 3.63) is 53.6 Å². The van der Waals surface area contributed by atoms with Crippen LogP contribution in [0.15, 0.2) is 42.5 Å². The summed E-state index contributed by atoms with van der Waals surface area (Å²) in [5, 5.41) is 12.5. The quantitative estimate of drug-likeness (QED) is 0.625. The predicted molar refractivity (Wildman–Crippen MR) is 111 cm³/mol. The van der Waals surface area contributed by atoms with Crippen molar-refractivity contribution in [3.63, 3.8) is 0 Å². The van der Waals surface area contributed by atoms with Crippen LogP contribution in [-0.4, -0.2) is 51.8 Å². The molecule has 0 saturated carbocycles. The van der Waals surface area contributed by atoms with Crippen LogP contribution in [0.25, 0.3) is 11.4 Å². The van der Waals surface area contributed by atoms with Gasteiger partial charge in [0.1, 0.15) is 18.0 Å². The van der Waals surface area contributed by atoms with Crippen LogP contribution in [0.2, 0.25) is 0 Å². The lowest BCUT2D eigenvalue weighted by Crippen LogP contribution is -2.34. The summed E-state index contributed by atoms with van der Waals surface area (Å²) < 4.78 is 10.9. The van der Waals surface area contributed by atoms with Crippen molar-refractivity contribution >= 4 is 5.91 Å². The number of tetrazole rings is 1. The molecule has 30 heavy (non-hydrogen) atoms. The Balaban J connectivity index is 1.52. The second kappa shape index (κ2) is 8.52. The van der Waals surface area contributed by atoms with Crippen molar-refractivity contribution in [2.24, 2.45) is 0 Å². The van der Waals surface area contributed by atoms with E-state index in [1.807, 2.05) is 54.3 Å². The Morgan fingerprint density at radius 1 is 1.13 bits per heavy atom. The number of nitrogens with zero attached hydrogens (tertiary/aromatic N) is 5. The molecule has 1 saturated heterocycles. The molecule has 156 valence electrons. The lowest BCUT2D eigenvalue weighted by molar-refractivity contribution is -0.133. The van der Waals surface area contributed by atoms with Gasteiger partial charge in [-0.2, -0.15) is 4.80 Å². The summed E-state index contributed by atoms with van der Waals surface area (Å²) in [5.74, 6) is 1.96. The third kappa shape index (κ3) is 3.98. The normalized spacial score (nSPS) is 16.0. The molecule has 1 aliphatic rings. The zero-order chi connectivity index (χ0) is 21.1. The van der Waals surface area contributed by atoms with Crippen LogP contribution in [-0.2, 0) is 11.3 Å². The number of carbonyl (C=O) groups excluding carboxylic acids is 1. The Hall–Kier alpha value is -3.42. The van der Waals surface area contributed by atoms with Crippen molar-refractivity contribution in [2.75, 3.05) is 20.8 Å². The molecule has 1 atom stereocenters. The summed E-state index contributed by atoms with van der Waals surface area (Å²) >= 11 is 0. The van der Waals surface area contributed by atoms with Crippen LogP contribution < -0.4 is 9.47 Å². The fourth-order valence-electron chi connectivity index (χ4n) is 3.83. The molecule has 1 aromatic heterocycles. The van der Waals surface area contributed by atoms with E-state index in [2.05, 4.69) is 15.4 Å². The first-order valence-electron chi connectivity index (χ1n) is 9.95. The van der Waals surface area contributed by atoms with Gasteiger partial charge in [0.2, 0.25) is 11.7 Å². The number of carbonyl (C=O) groups is 1. The summed E-state index contributed by atoms with van der Waals surface area (Å²) in [6, 6.07) is 13.5. The first-order valence-corrected chi connectivity index (χ1v) is 9.95. The standard InChI is InChI=1S/C22H25N5O3/c1-15-6-8-16(9-7-15)22-23-25-27(24-22)14-21(28)26-12-4-5-19(26)18-13-17(29-2)10-11-20(18)30-3/h6-11,13,19H,4-5,12,14H2,1-3H3/t19-/m1/s1.